The van der Waals surface area contributed by atoms with E-state index < -0.39 is 60.9 Å². The van der Waals surface area contributed by atoms with Gasteiger partial charge in [-0.1, -0.05) is 0 Å². The number of rotatable bonds is 8. The molecule has 3 rings (SSSR count). The van der Waals surface area contributed by atoms with Gasteiger partial charge in [0.1, 0.15) is 24.6 Å². The maximum Gasteiger partial charge on any atom is 0.488 e. The van der Waals surface area contributed by atoms with E-state index in [0.717, 1.165) is 12.7 Å². The van der Waals surface area contributed by atoms with Crippen molar-refractivity contribution in [3.05, 3.63) is 12.7 Å². The highest BCUT2D eigenvalue weighted by atomic mass is 31.3. The van der Waals surface area contributed by atoms with Gasteiger partial charge in [0.25, 0.3) is 0 Å². The van der Waals surface area contributed by atoms with E-state index in [1.165, 1.54) is 4.57 Å². The van der Waals surface area contributed by atoms with Crippen molar-refractivity contribution >= 4 is 35.1 Å². The predicted molar refractivity (Wildman–Crippen MR) is 91.9 cm³/mol. The fraction of sp³-hybridized carbons (Fsp3) is 0.500. The van der Waals surface area contributed by atoms with Gasteiger partial charge < -0.3 is 39.3 Å². The summed E-state index contributed by atoms with van der Waals surface area (Å²) in [5, 5.41) is 30.0. The average Bonchev–Trinajstić information content (AvgIpc) is 3.14. The quantitative estimate of drug-likeness (QED) is 0.236. The van der Waals surface area contributed by atoms with Gasteiger partial charge in [0, 0.05) is 0 Å². The number of phosphoric acid groups is 2. The molecule has 17 nitrogen and oxygen atoms in total. The summed E-state index contributed by atoms with van der Waals surface area (Å²) in [6, 6.07) is 0. The lowest BCUT2D eigenvalue weighted by atomic mass is 10.1. The van der Waals surface area contributed by atoms with Crippen LogP contribution in [0.5, 0.6) is 5.88 Å². The lowest BCUT2D eigenvalue weighted by Crippen LogP contribution is -2.33. The van der Waals surface area contributed by atoms with Crippen LogP contribution in [0.15, 0.2) is 12.7 Å². The Morgan fingerprint density at radius 1 is 1.17 bits per heavy atom. The van der Waals surface area contributed by atoms with Crippen molar-refractivity contribution in [2.45, 2.75) is 24.5 Å². The second-order valence-electron chi connectivity index (χ2n) is 5.76. The fourth-order valence-corrected chi connectivity index (χ4v) is 5.32. The molecule has 0 aromatic carbocycles. The molecule has 1 aliphatic heterocycles. The minimum atomic E-state index is -5.41. The van der Waals surface area contributed by atoms with Crippen molar-refractivity contribution in [3.8, 4) is 5.88 Å². The largest absolute Gasteiger partial charge is 0.492 e. The minimum absolute atomic E-state index is 0.00435. The third-order valence-electron chi connectivity index (χ3n) is 3.72. The molecule has 168 valence electrons. The lowest BCUT2D eigenvalue weighted by molar-refractivity contribution is -0.0476. The Balaban J connectivity index is 1.64. The Hall–Kier alpha value is -1.32. The molecular formula is C10H15N4O13P3. The molecule has 0 amide bonds. The van der Waals surface area contributed by atoms with Gasteiger partial charge in [-0.15, -0.1) is 0 Å². The van der Waals surface area contributed by atoms with E-state index in [1.807, 2.05) is 0 Å². The van der Waals surface area contributed by atoms with Crippen LogP contribution in [-0.4, -0.2) is 74.4 Å². The Labute approximate surface area is 166 Å². The van der Waals surface area contributed by atoms with Crippen LogP contribution < -0.4 is 0 Å². The molecule has 1 fully saturated rings. The molecule has 30 heavy (non-hydrogen) atoms. The van der Waals surface area contributed by atoms with Gasteiger partial charge in [-0.05, 0) is 0 Å². The lowest BCUT2D eigenvalue weighted by Gasteiger charge is -2.16. The van der Waals surface area contributed by atoms with Crippen LogP contribution in [0, 0.1) is 0 Å². The first-order valence-corrected chi connectivity index (χ1v) is 12.0. The normalized spacial score (nSPS) is 27.9. The number of aromatic hydroxyl groups is 1. The number of hydrogen-bond donors (Lipinski definition) is 6. The number of hydrogen-bond acceptors (Lipinski definition) is 13. The maximum atomic E-state index is 11.6. The Kier molecular flexibility index (Phi) is 6.74. The molecule has 0 saturated carbocycles. The summed E-state index contributed by atoms with van der Waals surface area (Å²) in [4.78, 5) is 37.4. The zero-order chi connectivity index (χ0) is 22.3. The molecule has 1 saturated heterocycles. The molecule has 1 aliphatic rings. The van der Waals surface area contributed by atoms with E-state index in [-0.39, 0.29) is 11.2 Å². The smallest absolute Gasteiger partial charge is 0.488 e. The highest BCUT2D eigenvalue weighted by Gasteiger charge is 2.45. The second-order valence-corrected chi connectivity index (χ2v) is 9.85. The van der Waals surface area contributed by atoms with Crippen LogP contribution in [-0.2, 0) is 31.6 Å². The van der Waals surface area contributed by atoms with Crippen LogP contribution in [0.2, 0.25) is 0 Å². The number of nitrogens with zero attached hydrogens (tertiary/aromatic N) is 4. The number of aliphatic hydroxyl groups excluding tert-OH is 2. The highest BCUT2D eigenvalue weighted by Crippen LogP contribution is 2.61. The summed E-state index contributed by atoms with van der Waals surface area (Å²) in [7, 11) is -14.6. The van der Waals surface area contributed by atoms with E-state index in [9.17, 15) is 29.0 Å². The average molecular weight is 492 g/mol. The van der Waals surface area contributed by atoms with Crippen LogP contribution in [0.1, 0.15) is 6.23 Å². The first-order valence-electron chi connectivity index (χ1n) is 7.72. The fourth-order valence-electron chi connectivity index (χ4n) is 2.54. The Morgan fingerprint density at radius 3 is 2.53 bits per heavy atom. The molecule has 2 aromatic rings. The summed E-state index contributed by atoms with van der Waals surface area (Å²) in [5.74, 6) is -0.423. The first kappa shape index (κ1) is 23.3. The molecular weight excluding hydrogens is 477 g/mol. The van der Waals surface area contributed by atoms with Crippen LogP contribution >= 0.6 is 23.9 Å². The van der Waals surface area contributed by atoms with Gasteiger partial charge in [0.05, 0.1) is 12.9 Å². The Morgan fingerprint density at radius 2 is 1.87 bits per heavy atom. The van der Waals surface area contributed by atoms with Crippen molar-refractivity contribution in [2.24, 2.45) is 0 Å². The summed E-state index contributed by atoms with van der Waals surface area (Å²) in [5.41, 5.74) is 0.0812. The topological polar surface area (TPSA) is 253 Å². The van der Waals surface area contributed by atoms with E-state index in [1.54, 1.807) is 0 Å². The zero-order valence-corrected chi connectivity index (χ0v) is 17.2. The molecule has 4 unspecified atom stereocenters. The van der Waals surface area contributed by atoms with Crippen LogP contribution in [0.25, 0.3) is 11.2 Å². The second kappa shape index (κ2) is 8.67. The number of imidazole rings is 1. The van der Waals surface area contributed by atoms with Crippen molar-refractivity contribution in [1.82, 2.24) is 19.5 Å². The van der Waals surface area contributed by atoms with Gasteiger partial charge in [0.15, 0.2) is 17.4 Å². The molecule has 3 heterocycles. The molecule has 20 heteroatoms. The molecule has 0 aliphatic carbocycles. The van der Waals surface area contributed by atoms with Crippen molar-refractivity contribution < 1.29 is 61.6 Å². The highest BCUT2D eigenvalue weighted by molar-refractivity contribution is 7.64. The molecule has 0 bridgehead atoms. The SMILES string of the molecule is O=[PH](OC[C@H]1O[C@@H](n2cnc3c(O)ncnc32)C(O)C1O)OP(=O)(O)OP(=O)(O)O. The first-order chi connectivity index (χ1) is 13.9. The van der Waals surface area contributed by atoms with Gasteiger partial charge in [-0.3, -0.25) is 9.13 Å². The minimum Gasteiger partial charge on any atom is -0.492 e. The summed E-state index contributed by atoms with van der Waals surface area (Å²) in [6.07, 6.45) is -3.49. The molecule has 2 aromatic heterocycles. The van der Waals surface area contributed by atoms with Gasteiger partial charge in [-0.25, -0.2) is 23.4 Å². The monoisotopic (exact) mass is 492 g/mol. The van der Waals surface area contributed by atoms with E-state index in [2.05, 4.69) is 28.1 Å². The number of aliphatic hydroxyl groups is 2. The predicted octanol–water partition coefficient (Wildman–Crippen LogP) is -1.22. The van der Waals surface area contributed by atoms with E-state index in [4.69, 9.17) is 19.4 Å². The van der Waals surface area contributed by atoms with Gasteiger partial charge >= 0.3 is 23.9 Å². The molecule has 6 atom stereocenters. The number of aromatic nitrogens is 4. The summed E-state index contributed by atoms with van der Waals surface area (Å²) < 4.78 is 52.2. The molecule has 0 radical (unpaired) electrons. The van der Waals surface area contributed by atoms with Crippen LogP contribution in [0.4, 0.5) is 0 Å². The third-order valence-corrected chi connectivity index (χ3v) is 7.31. The van der Waals surface area contributed by atoms with Crippen molar-refractivity contribution in [3.63, 3.8) is 0 Å². The standard InChI is InChI=1S/C10H15N4O13P3/c15-6-4(1-24-28(18)26-30(22,23)27-29(19,20)21)25-10(7(6)16)14-3-13-5-8(14)11-2-12-9(5)17/h2-4,6-7,10,15-16,28H,1H2,(H,22,23)(H,11,12,17)(H2,19,20,21)/t4-,6?,7?,10-/m1/s1. The zero-order valence-electron chi connectivity index (χ0n) is 14.4. The van der Waals surface area contributed by atoms with Crippen molar-refractivity contribution in [2.75, 3.05) is 6.61 Å². The number of fused-ring (bicyclic) bond motifs is 1. The van der Waals surface area contributed by atoms with E-state index >= 15 is 0 Å². The van der Waals surface area contributed by atoms with Gasteiger partial charge in [-0.2, -0.15) is 9.29 Å². The summed E-state index contributed by atoms with van der Waals surface area (Å²) in [6.45, 7) is -0.713. The van der Waals surface area contributed by atoms with Crippen LogP contribution in [0.3, 0.4) is 0 Å². The van der Waals surface area contributed by atoms with Gasteiger partial charge in [0.2, 0.25) is 5.88 Å². The summed E-state index contributed by atoms with van der Waals surface area (Å²) >= 11 is 0. The number of ether oxygens (including phenoxy) is 1. The maximum absolute atomic E-state index is 11.6. The van der Waals surface area contributed by atoms with E-state index in [0.29, 0.717) is 0 Å². The third kappa shape index (κ3) is 5.29. The molecule has 0 spiro atoms. The Bertz CT molecular complexity index is 1040. The van der Waals surface area contributed by atoms with Crippen molar-refractivity contribution in [1.29, 1.82) is 0 Å². The molecule has 6 N–H and O–H groups in total.